The third-order valence-corrected chi connectivity index (χ3v) is 4.88. The van der Waals surface area contributed by atoms with Crippen molar-refractivity contribution in [3.63, 3.8) is 0 Å². The number of ether oxygens (including phenoxy) is 1. The van der Waals surface area contributed by atoms with Crippen LogP contribution in [0.3, 0.4) is 0 Å². The van der Waals surface area contributed by atoms with Crippen molar-refractivity contribution in [1.82, 2.24) is 9.97 Å². The molecule has 0 atom stereocenters. The van der Waals surface area contributed by atoms with E-state index in [1.807, 2.05) is 6.07 Å². The van der Waals surface area contributed by atoms with E-state index < -0.39 is 0 Å². The van der Waals surface area contributed by atoms with Gasteiger partial charge in [0.2, 0.25) is 0 Å². The number of aromatic nitrogens is 2. The maximum atomic E-state index is 6.15. The maximum absolute atomic E-state index is 6.15. The van der Waals surface area contributed by atoms with Gasteiger partial charge in [-0.1, -0.05) is 40.9 Å². The highest BCUT2D eigenvalue weighted by atomic mass is 127. The molecule has 7 heteroatoms. The number of halogens is 4. The number of hydrogen-bond acceptors (Lipinski definition) is 3. The zero-order chi connectivity index (χ0) is 14.7. The van der Waals surface area contributed by atoms with Crippen molar-refractivity contribution in [1.29, 1.82) is 0 Å². The van der Waals surface area contributed by atoms with Gasteiger partial charge in [0.15, 0.2) is 0 Å². The van der Waals surface area contributed by atoms with E-state index in [-0.39, 0.29) is 0 Å². The normalized spacial score (nSPS) is 10.8. The summed E-state index contributed by atoms with van der Waals surface area (Å²) in [5.41, 5.74) is 1.67. The molecule has 106 valence electrons. The molecule has 0 amide bonds. The lowest BCUT2D eigenvalue weighted by atomic mass is 10.1. The summed E-state index contributed by atoms with van der Waals surface area (Å²) in [7, 11) is 1.61. The SMILES string of the molecule is COCc1nc(Cc2ccc(Cl)cc2Cl)nc(Cl)c1I. The molecular weight excluding hydrogens is 433 g/mol. The van der Waals surface area contributed by atoms with Gasteiger partial charge in [0.25, 0.3) is 0 Å². The van der Waals surface area contributed by atoms with Crippen molar-refractivity contribution >= 4 is 57.4 Å². The molecule has 1 aromatic heterocycles. The van der Waals surface area contributed by atoms with Crippen LogP contribution in [0.4, 0.5) is 0 Å². The lowest BCUT2D eigenvalue weighted by Crippen LogP contribution is -2.05. The zero-order valence-corrected chi connectivity index (χ0v) is 14.9. The smallest absolute Gasteiger partial charge is 0.146 e. The van der Waals surface area contributed by atoms with Crippen molar-refractivity contribution in [3.8, 4) is 0 Å². The zero-order valence-electron chi connectivity index (χ0n) is 10.5. The van der Waals surface area contributed by atoms with Gasteiger partial charge in [-0.15, -0.1) is 0 Å². The molecule has 1 heterocycles. The minimum Gasteiger partial charge on any atom is -0.378 e. The van der Waals surface area contributed by atoms with Crippen LogP contribution in [-0.4, -0.2) is 17.1 Å². The number of methoxy groups -OCH3 is 1. The summed E-state index contributed by atoms with van der Waals surface area (Å²) in [4.78, 5) is 8.74. The molecule has 3 nitrogen and oxygen atoms in total. The third kappa shape index (κ3) is 3.95. The highest BCUT2D eigenvalue weighted by Gasteiger charge is 2.12. The Morgan fingerprint density at radius 2 is 1.95 bits per heavy atom. The van der Waals surface area contributed by atoms with Crippen molar-refractivity contribution < 1.29 is 4.74 Å². The molecule has 0 saturated heterocycles. The van der Waals surface area contributed by atoms with Gasteiger partial charge >= 0.3 is 0 Å². The van der Waals surface area contributed by atoms with Gasteiger partial charge in [0, 0.05) is 23.6 Å². The largest absolute Gasteiger partial charge is 0.378 e. The van der Waals surface area contributed by atoms with Crippen molar-refractivity contribution in [2.24, 2.45) is 0 Å². The van der Waals surface area contributed by atoms with Crippen LogP contribution in [0.1, 0.15) is 17.1 Å². The molecule has 0 aliphatic heterocycles. The molecule has 2 aromatic rings. The maximum Gasteiger partial charge on any atom is 0.146 e. The number of rotatable bonds is 4. The molecule has 2 rings (SSSR count). The Morgan fingerprint density at radius 1 is 1.20 bits per heavy atom. The van der Waals surface area contributed by atoms with E-state index in [1.165, 1.54) is 0 Å². The van der Waals surface area contributed by atoms with Crippen LogP contribution in [0.2, 0.25) is 15.2 Å². The van der Waals surface area contributed by atoms with Crippen molar-refractivity contribution in [3.05, 3.63) is 54.0 Å². The van der Waals surface area contributed by atoms with Gasteiger partial charge in [-0.2, -0.15) is 0 Å². The van der Waals surface area contributed by atoms with Gasteiger partial charge in [-0.3, -0.25) is 0 Å². The first-order chi connectivity index (χ1) is 9.51. The predicted molar refractivity (Wildman–Crippen MR) is 89.7 cm³/mol. The fourth-order valence-corrected chi connectivity index (χ4v) is 2.74. The van der Waals surface area contributed by atoms with Crippen molar-refractivity contribution in [2.75, 3.05) is 7.11 Å². The summed E-state index contributed by atoms with van der Waals surface area (Å²) in [5.74, 6) is 0.603. The Bertz CT molecular complexity index is 637. The van der Waals surface area contributed by atoms with Crippen LogP contribution in [0, 0.1) is 3.57 Å². The van der Waals surface area contributed by atoms with E-state index in [0.717, 1.165) is 14.8 Å². The summed E-state index contributed by atoms with van der Waals surface area (Å²) in [5, 5.41) is 1.61. The molecule has 0 spiro atoms. The monoisotopic (exact) mass is 442 g/mol. The topological polar surface area (TPSA) is 35.0 Å². The van der Waals surface area contributed by atoms with E-state index >= 15 is 0 Å². The highest BCUT2D eigenvalue weighted by Crippen LogP contribution is 2.25. The Hall–Kier alpha value is -0.140. The molecular formula is C13H10Cl3IN2O. The lowest BCUT2D eigenvalue weighted by molar-refractivity contribution is 0.180. The van der Waals surface area contributed by atoms with Crippen LogP contribution in [0.15, 0.2) is 18.2 Å². The van der Waals surface area contributed by atoms with E-state index in [2.05, 4.69) is 32.6 Å². The van der Waals surface area contributed by atoms with Crippen LogP contribution in [-0.2, 0) is 17.8 Å². The van der Waals surface area contributed by atoms with Crippen LogP contribution >= 0.6 is 57.4 Å². The summed E-state index contributed by atoms with van der Waals surface area (Å²) in [6.07, 6.45) is 0.489. The first-order valence-corrected chi connectivity index (χ1v) is 7.86. The molecule has 0 aliphatic carbocycles. The average Bonchev–Trinajstić information content (AvgIpc) is 2.39. The Morgan fingerprint density at radius 3 is 2.60 bits per heavy atom. The Balaban J connectivity index is 2.33. The van der Waals surface area contributed by atoms with E-state index in [0.29, 0.717) is 34.1 Å². The third-order valence-electron chi connectivity index (χ3n) is 2.57. The molecule has 0 bridgehead atoms. The average molecular weight is 443 g/mol. The molecule has 0 N–H and O–H groups in total. The fraction of sp³-hybridized carbons (Fsp3) is 0.231. The van der Waals surface area contributed by atoms with E-state index in [1.54, 1.807) is 19.2 Å². The standard InChI is InChI=1S/C13H10Cl3IN2O/c1-20-6-10-12(17)13(16)19-11(18-10)4-7-2-3-8(14)5-9(7)15/h2-3,5H,4,6H2,1H3. The quantitative estimate of drug-likeness (QED) is 0.504. The second-order valence-electron chi connectivity index (χ2n) is 4.04. The number of benzene rings is 1. The predicted octanol–water partition coefficient (Wildman–Crippen LogP) is 4.78. The van der Waals surface area contributed by atoms with Gasteiger partial charge in [-0.25, -0.2) is 9.97 Å². The summed E-state index contributed by atoms with van der Waals surface area (Å²) < 4.78 is 5.91. The first-order valence-electron chi connectivity index (χ1n) is 5.65. The summed E-state index contributed by atoms with van der Waals surface area (Å²) in [6.45, 7) is 0.391. The molecule has 20 heavy (non-hydrogen) atoms. The lowest BCUT2D eigenvalue weighted by Gasteiger charge is -2.08. The molecule has 0 unspecified atom stereocenters. The van der Waals surface area contributed by atoms with Gasteiger partial charge in [0.1, 0.15) is 11.0 Å². The minimum atomic E-state index is 0.391. The first kappa shape index (κ1) is 16.2. The van der Waals surface area contributed by atoms with E-state index in [4.69, 9.17) is 39.5 Å². The van der Waals surface area contributed by atoms with Crippen LogP contribution in [0.5, 0.6) is 0 Å². The fourth-order valence-electron chi connectivity index (χ4n) is 1.66. The van der Waals surface area contributed by atoms with E-state index in [9.17, 15) is 0 Å². The summed E-state index contributed by atoms with van der Waals surface area (Å²) >= 11 is 20.3. The van der Waals surface area contributed by atoms with Gasteiger partial charge in [0.05, 0.1) is 15.9 Å². The molecule has 0 radical (unpaired) electrons. The Kier molecular flexibility index (Phi) is 5.86. The summed E-state index contributed by atoms with van der Waals surface area (Å²) in [6, 6.07) is 5.34. The Labute approximate surface area is 145 Å². The van der Waals surface area contributed by atoms with Crippen LogP contribution in [0.25, 0.3) is 0 Å². The molecule has 1 aromatic carbocycles. The minimum absolute atomic E-state index is 0.391. The van der Waals surface area contributed by atoms with Crippen LogP contribution < -0.4 is 0 Å². The number of hydrogen-bond donors (Lipinski definition) is 0. The second-order valence-corrected chi connectivity index (χ2v) is 6.32. The highest BCUT2D eigenvalue weighted by molar-refractivity contribution is 14.1. The van der Waals surface area contributed by atoms with Gasteiger partial charge in [-0.05, 0) is 40.3 Å². The van der Waals surface area contributed by atoms with Crippen molar-refractivity contribution in [2.45, 2.75) is 13.0 Å². The molecule has 0 fully saturated rings. The van der Waals surface area contributed by atoms with Gasteiger partial charge < -0.3 is 4.74 Å². The number of nitrogens with zero attached hydrogens (tertiary/aromatic N) is 2. The second kappa shape index (κ2) is 7.22. The molecule has 0 aliphatic rings. The molecule has 0 saturated carbocycles.